The van der Waals surface area contributed by atoms with E-state index >= 15 is 0 Å². The Morgan fingerprint density at radius 3 is 2.53 bits per heavy atom. The molecule has 1 heterocycles. The van der Waals surface area contributed by atoms with Gasteiger partial charge in [-0.15, -0.1) is 11.8 Å². The van der Waals surface area contributed by atoms with Gasteiger partial charge in [0.2, 0.25) is 0 Å². The van der Waals surface area contributed by atoms with Gasteiger partial charge in [-0.3, -0.25) is 4.68 Å². The van der Waals surface area contributed by atoms with Crippen LogP contribution in [0.1, 0.15) is 0 Å². The monoisotopic (exact) mass is 297 g/mol. The van der Waals surface area contributed by atoms with Gasteiger partial charge in [-0.25, -0.2) is 8.42 Å². The average molecular weight is 297 g/mol. The molecule has 0 aliphatic carbocycles. The van der Waals surface area contributed by atoms with E-state index in [4.69, 9.17) is 5.73 Å². The summed E-state index contributed by atoms with van der Waals surface area (Å²) in [5.74, 6) is 0.511. The van der Waals surface area contributed by atoms with E-state index in [-0.39, 0.29) is 0 Å². The van der Waals surface area contributed by atoms with Gasteiger partial charge in [-0.2, -0.15) is 5.10 Å². The number of aromatic nitrogens is 2. The summed E-state index contributed by atoms with van der Waals surface area (Å²) < 4.78 is 25.2. The minimum Gasteiger partial charge on any atom is -0.383 e. The predicted molar refractivity (Wildman–Crippen MR) is 77.9 cm³/mol. The number of thioether (sulfide) groups is 1. The van der Waals surface area contributed by atoms with Crippen LogP contribution < -0.4 is 5.73 Å². The summed E-state index contributed by atoms with van der Waals surface area (Å²) in [6.07, 6.45) is 4.69. The van der Waals surface area contributed by atoms with E-state index in [0.717, 1.165) is 16.0 Å². The number of nitrogens with two attached hydrogens (primary N) is 1. The first-order valence-corrected chi connectivity index (χ1v) is 8.62. The zero-order valence-electron chi connectivity index (χ0n) is 10.9. The first-order valence-electron chi connectivity index (χ1n) is 5.50. The van der Waals surface area contributed by atoms with Crippen LogP contribution in [0.25, 0.3) is 11.1 Å². The number of nitrogen functional groups attached to an aromatic ring is 1. The molecule has 2 N–H and O–H groups in total. The van der Waals surface area contributed by atoms with Crippen LogP contribution in [0.2, 0.25) is 0 Å². The summed E-state index contributed by atoms with van der Waals surface area (Å²) in [6.45, 7) is 0. The lowest BCUT2D eigenvalue weighted by molar-refractivity contribution is 0.600. The van der Waals surface area contributed by atoms with E-state index in [1.165, 1.54) is 18.0 Å². The number of anilines is 1. The Labute approximate surface area is 116 Å². The third-order valence-electron chi connectivity index (χ3n) is 2.86. The van der Waals surface area contributed by atoms with Gasteiger partial charge in [-0.1, -0.05) is 6.07 Å². The van der Waals surface area contributed by atoms with Gasteiger partial charge in [0.1, 0.15) is 5.82 Å². The second-order valence-electron chi connectivity index (χ2n) is 4.20. The summed E-state index contributed by atoms with van der Waals surface area (Å²) in [7, 11) is -1.53. The molecule has 1 aromatic heterocycles. The maximum Gasteiger partial charge on any atom is 0.176 e. The van der Waals surface area contributed by atoms with Gasteiger partial charge in [0.05, 0.1) is 11.1 Å². The summed E-state index contributed by atoms with van der Waals surface area (Å²) in [5.41, 5.74) is 7.40. The molecule has 0 radical (unpaired) electrons. The molecule has 0 bridgehead atoms. The van der Waals surface area contributed by atoms with Crippen LogP contribution in [0.3, 0.4) is 0 Å². The normalized spacial score (nSPS) is 11.7. The van der Waals surface area contributed by atoms with Gasteiger partial charge in [0.25, 0.3) is 0 Å². The Hall–Kier alpha value is -1.47. The molecule has 0 amide bonds. The molecular weight excluding hydrogens is 282 g/mol. The zero-order valence-corrected chi connectivity index (χ0v) is 12.5. The van der Waals surface area contributed by atoms with E-state index < -0.39 is 9.84 Å². The minimum atomic E-state index is -3.27. The molecule has 0 saturated heterocycles. The SMILES string of the molecule is CSc1ccc(-c2cnn(C)c2N)cc1S(C)(=O)=O. The Morgan fingerprint density at radius 1 is 1.37 bits per heavy atom. The van der Waals surface area contributed by atoms with E-state index in [2.05, 4.69) is 5.10 Å². The first kappa shape index (κ1) is 14.0. The van der Waals surface area contributed by atoms with Gasteiger partial charge in [0.15, 0.2) is 9.84 Å². The Balaban J connectivity index is 2.65. The van der Waals surface area contributed by atoms with Crippen LogP contribution >= 0.6 is 11.8 Å². The van der Waals surface area contributed by atoms with Crippen molar-refractivity contribution in [1.29, 1.82) is 0 Å². The summed E-state index contributed by atoms with van der Waals surface area (Å²) in [4.78, 5) is 1.05. The van der Waals surface area contributed by atoms with Crippen LogP contribution in [-0.2, 0) is 16.9 Å². The average Bonchev–Trinajstić information content (AvgIpc) is 2.68. The van der Waals surface area contributed by atoms with Crippen LogP contribution in [0, 0.1) is 0 Å². The van der Waals surface area contributed by atoms with Crippen LogP contribution in [-0.4, -0.2) is 30.7 Å². The van der Waals surface area contributed by atoms with Gasteiger partial charge in [-0.05, 0) is 24.0 Å². The van der Waals surface area contributed by atoms with Crippen molar-refractivity contribution in [2.45, 2.75) is 9.79 Å². The highest BCUT2D eigenvalue weighted by Gasteiger charge is 2.16. The summed E-state index contributed by atoms with van der Waals surface area (Å²) >= 11 is 1.40. The highest BCUT2D eigenvalue weighted by Crippen LogP contribution is 2.32. The molecule has 7 heteroatoms. The number of hydrogen-bond acceptors (Lipinski definition) is 5. The molecule has 1 aromatic carbocycles. The highest BCUT2D eigenvalue weighted by atomic mass is 32.2. The van der Waals surface area contributed by atoms with Crippen molar-refractivity contribution < 1.29 is 8.42 Å². The Kier molecular flexibility index (Phi) is 3.60. The van der Waals surface area contributed by atoms with Crippen molar-refractivity contribution in [2.24, 2.45) is 7.05 Å². The van der Waals surface area contributed by atoms with Crippen molar-refractivity contribution in [2.75, 3.05) is 18.2 Å². The Morgan fingerprint density at radius 2 is 2.05 bits per heavy atom. The number of hydrogen-bond donors (Lipinski definition) is 1. The van der Waals surface area contributed by atoms with Crippen molar-refractivity contribution in [1.82, 2.24) is 9.78 Å². The van der Waals surface area contributed by atoms with E-state index in [1.54, 1.807) is 30.1 Å². The standard InChI is InChI=1S/C12H15N3O2S2/c1-15-12(13)9(7-14-15)8-4-5-10(18-2)11(6-8)19(3,16)17/h4-7H,13H2,1-3H3. The molecule has 5 nitrogen and oxygen atoms in total. The molecule has 0 saturated carbocycles. The van der Waals surface area contributed by atoms with Gasteiger partial charge in [0, 0.05) is 23.8 Å². The fourth-order valence-electron chi connectivity index (χ4n) is 1.80. The molecule has 0 atom stereocenters. The maximum absolute atomic E-state index is 11.8. The van der Waals surface area contributed by atoms with Crippen molar-refractivity contribution in [3.05, 3.63) is 24.4 Å². The molecular formula is C12H15N3O2S2. The molecule has 0 aliphatic heterocycles. The van der Waals surface area contributed by atoms with E-state index in [0.29, 0.717) is 10.7 Å². The topological polar surface area (TPSA) is 78.0 Å². The second-order valence-corrected chi connectivity index (χ2v) is 7.04. The van der Waals surface area contributed by atoms with Gasteiger partial charge >= 0.3 is 0 Å². The molecule has 19 heavy (non-hydrogen) atoms. The lowest BCUT2D eigenvalue weighted by Crippen LogP contribution is -2.01. The smallest absolute Gasteiger partial charge is 0.176 e. The number of sulfone groups is 1. The maximum atomic E-state index is 11.8. The minimum absolute atomic E-state index is 0.320. The molecule has 2 rings (SSSR count). The number of aryl methyl sites for hydroxylation is 1. The van der Waals surface area contributed by atoms with E-state index in [1.807, 2.05) is 12.3 Å². The molecule has 2 aromatic rings. The largest absolute Gasteiger partial charge is 0.383 e. The Bertz CT molecular complexity index is 721. The molecule has 0 fully saturated rings. The zero-order chi connectivity index (χ0) is 14.2. The lowest BCUT2D eigenvalue weighted by Gasteiger charge is -2.08. The molecule has 0 spiro atoms. The molecule has 102 valence electrons. The van der Waals surface area contributed by atoms with Crippen molar-refractivity contribution >= 4 is 27.4 Å². The lowest BCUT2D eigenvalue weighted by atomic mass is 10.1. The summed E-state index contributed by atoms with van der Waals surface area (Å²) in [5, 5.41) is 4.06. The quantitative estimate of drug-likeness (QED) is 0.874. The highest BCUT2D eigenvalue weighted by molar-refractivity contribution is 7.99. The van der Waals surface area contributed by atoms with Crippen molar-refractivity contribution in [3.63, 3.8) is 0 Å². The fourth-order valence-corrected chi connectivity index (χ4v) is 3.75. The van der Waals surface area contributed by atoms with E-state index in [9.17, 15) is 8.42 Å². The number of nitrogens with zero attached hydrogens (tertiary/aromatic N) is 2. The van der Waals surface area contributed by atoms with Gasteiger partial charge < -0.3 is 5.73 Å². The fraction of sp³-hybridized carbons (Fsp3) is 0.250. The van der Waals surface area contributed by atoms with Crippen LogP contribution in [0.5, 0.6) is 0 Å². The predicted octanol–water partition coefficient (Wildman–Crippen LogP) is 1.79. The molecule has 0 aliphatic rings. The first-order chi connectivity index (χ1) is 8.84. The summed E-state index contributed by atoms with van der Waals surface area (Å²) in [6, 6.07) is 5.30. The van der Waals surface area contributed by atoms with Crippen LogP contribution in [0.15, 0.2) is 34.2 Å². The number of rotatable bonds is 3. The third kappa shape index (κ3) is 2.62. The van der Waals surface area contributed by atoms with Crippen LogP contribution in [0.4, 0.5) is 5.82 Å². The number of benzene rings is 1. The third-order valence-corrected chi connectivity index (χ3v) is 4.92. The second kappa shape index (κ2) is 4.90. The molecule has 0 unspecified atom stereocenters. The van der Waals surface area contributed by atoms with Crippen molar-refractivity contribution in [3.8, 4) is 11.1 Å².